The number of carbonyl (C=O) groups excluding carboxylic acids is 1. The van der Waals surface area contributed by atoms with Crippen molar-refractivity contribution in [2.75, 3.05) is 25.7 Å². The summed E-state index contributed by atoms with van der Waals surface area (Å²) in [5, 5.41) is 0. The van der Waals surface area contributed by atoms with Gasteiger partial charge in [0.15, 0.2) is 0 Å². The third kappa shape index (κ3) is 4.45. The van der Waals surface area contributed by atoms with Crippen molar-refractivity contribution in [1.29, 1.82) is 0 Å². The third-order valence-electron chi connectivity index (χ3n) is 1.61. The maximum atomic E-state index is 10.8. The van der Waals surface area contributed by atoms with Crippen LogP contribution in [0.5, 0.6) is 0 Å². The van der Waals surface area contributed by atoms with Gasteiger partial charge >= 0.3 is 5.97 Å². The van der Waals surface area contributed by atoms with E-state index in [0.29, 0.717) is 19.8 Å². The van der Waals surface area contributed by atoms with E-state index in [4.69, 9.17) is 25.8 Å². The fourth-order valence-corrected chi connectivity index (χ4v) is 1.06. The summed E-state index contributed by atoms with van der Waals surface area (Å²) in [6, 6.07) is 0. The van der Waals surface area contributed by atoms with Gasteiger partial charge in [0.1, 0.15) is 12.5 Å². The molecule has 1 atom stereocenters. The highest BCUT2D eigenvalue weighted by atomic mass is 35.5. The molecule has 0 radical (unpaired) electrons. The molecule has 1 rings (SSSR count). The molecule has 1 aliphatic heterocycles. The quantitative estimate of drug-likeness (QED) is 0.500. The number of halogens is 1. The van der Waals surface area contributed by atoms with E-state index in [1.54, 1.807) is 0 Å². The van der Waals surface area contributed by atoms with Crippen molar-refractivity contribution in [2.24, 2.45) is 0 Å². The van der Waals surface area contributed by atoms with Crippen LogP contribution in [0.1, 0.15) is 12.8 Å². The zero-order valence-electron chi connectivity index (χ0n) is 7.33. The SMILES string of the molecule is O=C(CCl)OC1COCCCCO1. The van der Waals surface area contributed by atoms with Crippen molar-refractivity contribution in [2.45, 2.75) is 19.1 Å². The summed E-state index contributed by atoms with van der Waals surface area (Å²) < 4.78 is 15.3. The van der Waals surface area contributed by atoms with E-state index < -0.39 is 12.3 Å². The molecule has 76 valence electrons. The van der Waals surface area contributed by atoms with Crippen molar-refractivity contribution in [3.05, 3.63) is 0 Å². The van der Waals surface area contributed by atoms with Gasteiger partial charge in [-0.25, -0.2) is 0 Å². The van der Waals surface area contributed by atoms with Crippen LogP contribution in [-0.2, 0) is 19.0 Å². The molecule has 0 spiro atoms. The minimum atomic E-state index is -0.591. The van der Waals surface area contributed by atoms with Crippen LogP contribution in [0.15, 0.2) is 0 Å². The van der Waals surface area contributed by atoms with E-state index in [9.17, 15) is 4.79 Å². The van der Waals surface area contributed by atoms with Gasteiger partial charge < -0.3 is 14.2 Å². The predicted octanol–water partition coefficient (Wildman–Crippen LogP) is 0.921. The van der Waals surface area contributed by atoms with Gasteiger partial charge in [-0.1, -0.05) is 0 Å². The van der Waals surface area contributed by atoms with Crippen LogP contribution in [0.2, 0.25) is 0 Å². The summed E-state index contributed by atoms with van der Waals surface area (Å²) in [7, 11) is 0. The number of rotatable bonds is 2. The molecule has 0 aromatic carbocycles. The van der Waals surface area contributed by atoms with E-state index in [1.807, 2.05) is 0 Å². The normalized spacial score (nSPS) is 24.5. The average Bonchev–Trinajstić information content (AvgIpc) is 2.09. The van der Waals surface area contributed by atoms with Crippen LogP contribution in [0.4, 0.5) is 0 Å². The number of ether oxygens (including phenoxy) is 3. The molecule has 1 saturated heterocycles. The Labute approximate surface area is 82.1 Å². The zero-order valence-corrected chi connectivity index (χ0v) is 8.09. The third-order valence-corrected chi connectivity index (χ3v) is 1.83. The molecule has 13 heavy (non-hydrogen) atoms. The van der Waals surface area contributed by atoms with Gasteiger partial charge in [-0.3, -0.25) is 4.79 Å². The van der Waals surface area contributed by atoms with Crippen LogP contribution >= 0.6 is 11.6 Å². The largest absolute Gasteiger partial charge is 0.432 e. The van der Waals surface area contributed by atoms with Gasteiger partial charge in [0.2, 0.25) is 6.29 Å². The number of hydrogen-bond acceptors (Lipinski definition) is 4. The Morgan fingerprint density at radius 3 is 3.00 bits per heavy atom. The highest BCUT2D eigenvalue weighted by molar-refractivity contribution is 6.26. The number of hydrogen-bond donors (Lipinski definition) is 0. The van der Waals surface area contributed by atoms with Gasteiger partial charge in [0.05, 0.1) is 6.61 Å². The van der Waals surface area contributed by atoms with E-state index in [-0.39, 0.29) is 5.88 Å². The standard InChI is InChI=1S/C8H13ClO4/c9-5-7(10)13-8-6-11-3-1-2-4-12-8/h8H,1-6H2. The molecule has 1 aliphatic rings. The number of alkyl halides is 1. The Morgan fingerprint density at radius 2 is 2.23 bits per heavy atom. The Kier molecular flexibility index (Phi) is 5.12. The van der Waals surface area contributed by atoms with Crippen molar-refractivity contribution >= 4 is 17.6 Å². The molecule has 5 heteroatoms. The topological polar surface area (TPSA) is 44.8 Å². The van der Waals surface area contributed by atoms with Gasteiger partial charge in [0.25, 0.3) is 0 Å². The second kappa shape index (κ2) is 6.18. The first kappa shape index (κ1) is 10.8. The lowest BCUT2D eigenvalue weighted by molar-refractivity contribution is -0.192. The Morgan fingerprint density at radius 1 is 1.46 bits per heavy atom. The van der Waals surface area contributed by atoms with Crippen molar-refractivity contribution in [3.63, 3.8) is 0 Å². The molecular formula is C8H13ClO4. The smallest absolute Gasteiger partial charge is 0.323 e. The predicted molar refractivity (Wildman–Crippen MR) is 46.6 cm³/mol. The molecule has 0 aromatic rings. The van der Waals surface area contributed by atoms with E-state index in [2.05, 4.69) is 0 Å². The van der Waals surface area contributed by atoms with Gasteiger partial charge in [0, 0.05) is 6.61 Å². The highest BCUT2D eigenvalue weighted by Crippen LogP contribution is 2.04. The average molecular weight is 209 g/mol. The second-order valence-corrected chi connectivity index (χ2v) is 2.97. The van der Waals surface area contributed by atoms with E-state index in [0.717, 1.165) is 12.8 Å². The maximum Gasteiger partial charge on any atom is 0.323 e. The summed E-state index contributed by atoms with van der Waals surface area (Å²) in [4.78, 5) is 10.8. The molecule has 0 saturated carbocycles. The summed E-state index contributed by atoms with van der Waals surface area (Å²) in [5.74, 6) is -0.629. The first-order valence-corrected chi connectivity index (χ1v) is 4.81. The highest BCUT2D eigenvalue weighted by Gasteiger charge is 2.15. The van der Waals surface area contributed by atoms with Crippen LogP contribution in [0.25, 0.3) is 0 Å². The fourth-order valence-electron chi connectivity index (χ4n) is 0.995. The first-order valence-electron chi connectivity index (χ1n) is 4.27. The summed E-state index contributed by atoms with van der Waals surface area (Å²) in [5.41, 5.74) is 0. The molecule has 0 amide bonds. The summed E-state index contributed by atoms with van der Waals surface area (Å²) >= 11 is 5.27. The Bertz CT molecular complexity index is 154. The van der Waals surface area contributed by atoms with Crippen LogP contribution in [0, 0.1) is 0 Å². The number of esters is 1. The molecule has 0 bridgehead atoms. The maximum absolute atomic E-state index is 10.8. The number of carbonyl (C=O) groups is 1. The van der Waals surface area contributed by atoms with Gasteiger partial charge in [-0.2, -0.15) is 0 Å². The van der Waals surface area contributed by atoms with Crippen LogP contribution in [-0.4, -0.2) is 38.0 Å². The van der Waals surface area contributed by atoms with E-state index >= 15 is 0 Å². The molecule has 4 nitrogen and oxygen atoms in total. The van der Waals surface area contributed by atoms with Crippen molar-refractivity contribution in [3.8, 4) is 0 Å². The van der Waals surface area contributed by atoms with Crippen LogP contribution in [0.3, 0.4) is 0 Å². The molecule has 1 unspecified atom stereocenters. The fraction of sp³-hybridized carbons (Fsp3) is 0.875. The van der Waals surface area contributed by atoms with Crippen LogP contribution < -0.4 is 0 Å². The molecule has 0 aliphatic carbocycles. The van der Waals surface area contributed by atoms with Gasteiger partial charge in [-0.05, 0) is 12.8 Å². The molecule has 1 fully saturated rings. The van der Waals surface area contributed by atoms with Gasteiger partial charge in [-0.15, -0.1) is 11.6 Å². The Balaban J connectivity index is 2.25. The van der Waals surface area contributed by atoms with Crippen molar-refractivity contribution < 1.29 is 19.0 Å². The molecule has 0 N–H and O–H groups in total. The lowest BCUT2D eigenvalue weighted by atomic mass is 10.3. The zero-order chi connectivity index (χ0) is 9.52. The Hall–Kier alpha value is -0.320. The van der Waals surface area contributed by atoms with Crippen molar-refractivity contribution in [1.82, 2.24) is 0 Å². The van der Waals surface area contributed by atoms with E-state index in [1.165, 1.54) is 0 Å². The summed E-state index contributed by atoms with van der Waals surface area (Å²) in [6.45, 7) is 1.59. The lowest BCUT2D eigenvalue weighted by Gasteiger charge is -2.20. The minimum absolute atomic E-state index is 0.153. The first-order chi connectivity index (χ1) is 6.33. The lowest BCUT2D eigenvalue weighted by Crippen LogP contribution is -2.29. The minimum Gasteiger partial charge on any atom is -0.432 e. The summed E-state index contributed by atoms with van der Waals surface area (Å²) in [6.07, 6.45) is 1.32. The monoisotopic (exact) mass is 208 g/mol. The molecule has 1 heterocycles. The molecular weight excluding hydrogens is 196 g/mol. The second-order valence-electron chi connectivity index (χ2n) is 2.71. The molecule has 0 aromatic heterocycles.